The number of nitrogens with zero attached hydrogens (tertiary/aromatic N) is 1. The van der Waals surface area contributed by atoms with Crippen LogP contribution in [0.25, 0.3) is 42.1 Å². The Bertz CT molecular complexity index is 3860. The lowest BCUT2D eigenvalue weighted by molar-refractivity contribution is 0.435. The van der Waals surface area contributed by atoms with Crippen LogP contribution >= 0.6 is 11.3 Å². The van der Waals surface area contributed by atoms with Crippen molar-refractivity contribution in [3.63, 3.8) is 0 Å². The van der Waals surface area contributed by atoms with Crippen molar-refractivity contribution in [2.45, 2.75) is 5.41 Å². The van der Waals surface area contributed by atoms with E-state index in [-0.39, 0.29) is 0 Å². The van der Waals surface area contributed by atoms with E-state index in [2.05, 4.69) is 266 Å². The first-order valence-electron chi connectivity index (χ1n) is 23.7. The van der Waals surface area contributed by atoms with E-state index >= 15 is 0 Å². The van der Waals surface area contributed by atoms with Crippen LogP contribution in [-0.4, -0.2) is 8.07 Å². The Labute approximate surface area is 406 Å². The average Bonchev–Trinajstić information content (AvgIpc) is 3.81. The molecule has 0 saturated carbocycles. The van der Waals surface area contributed by atoms with Gasteiger partial charge in [0.15, 0.2) is 8.07 Å². The van der Waals surface area contributed by atoms with Gasteiger partial charge in [-0.05, 0) is 102 Å². The maximum absolute atomic E-state index is 6.87. The van der Waals surface area contributed by atoms with Crippen molar-refractivity contribution in [3.05, 3.63) is 283 Å². The number of hydrogen-bond donors (Lipinski definition) is 0. The SMILES string of the molecule is c1ccc([Si]2(c3ccccc3)c3ccccc3C3(c4ccccc4Oc4ccccc43)c3ccc(N(c4ccc(-c5cccc6ccccc56)cc4)c4cccc5c4sc4ccccc45)cc32)cc1. The summed E-state index contributed by atoms with van der Waals surface area (Å²) in [7, 11) is -3.13. The molecule has 1 aromatic heterocycles. The third-order valence-electron chi connectivity index (χ3n) is 14.9. The summed E-state index contributed by atoms with van der Waals surface area (Å²) in [6.45, 7) is 0. The van der Waals surface area contributed by atoms with Gasteiger partial charge in [0, 0.05) is 38.0 Å². The molecule has 0 saturated heterocycles. The molecule has 0 bridgehead atoms. The molecule has 0 atom stereocenters. The van der Waals surface area contributed by atoms with Gasteiger partial charge in [-0.3, -0.25) is 0 Å². The minimum absolute atomic E-state index is 0.674. The summed E-state index contributed by atoms with van der Waals surface area (Å²) >= 11 is 1.88. The Hall–Kier alpha value is -8.28. The topological polar surface area (TPSA) is 12.5 Å². The third kappa shape index (κ3) is 5.77. The summed E-state index contributed by atoms with van der Waals surface area (Å²) in [4.78, 5) is 2.53. The zero-order valence-electron chi connectivity index (χ0n) is 37.6. The summed E-state index contributed by atoms with van der Waals surface area (Å²) in [5.41, 5.74) is 10.0. The highest BCUT2D eigenvalue weighted by Crippen LogP contribution is 2.57. The second-order valence-electron chi connectivity index (χ2n) is 18.3. The van der Waals surface area contributed by atoms with Gasteiger partial charge >= 0.3 is 0 Å². The van der Waals surface area contributed by atoms with Crippen molar-refractivity contribution < 1.29 is 4.74 Å². The number of para-hydroxylation sites is 2. The van der Waals surface area contributed by atoms with Gasteiger partial charge in [-0.25, -0.2) is 0 Å². The van der Waals surface area contributed by atoms with Gasteiger partial charge in [0.2, 0.25) is 0 Å². The zero-order valence-corrected chi connectivity index (χ0v) is 39.4. The molecule has 12 aromatic rings. The Kier molecular flexibility index (Phi) is 9.03. The fraction of sp³-hybridized carbons (Fsp3) is 0.0154. The van der Waals surface area contributed by atoms with Crippen molar-refractivity contribution in [2.75, 3.05) is 4.90 Å². The number of fused-ring (bicyclic) bond motifs is 12. The molecule has 324 valence electrons. The number of thiophene rings is 1. The molecular weight excluding hydrogens is 871 g/mol. The highest BCUT2D eigenvalue weighted by molar-refractivity contribution is 7.26. The molecule has 2 nitrogen and oxygen atoms in total. The van der Waals surface area contributed by atoms with Gasteiger partial charge in [-0.15, -0.1) is 11.3 Å². The largest absolute Gasteiger partial charge is 0.457 e. The van der Waals surface area contributed by atoms with Gasteiger partial charge in [0.25, 0.3) is 0 Å². The second-order valence-corrected chi connectivity index (χ2v) is 23.0. The summed E-state index contributed by atoms with van der Waals surface area (Å²) in [6.07, 6.45) is 0. The van der Waals surface area contributed by atoms with E-state index in [1.54, 1.807) is 0 Å². The molecule has 3 heterocycles. The molecule has 0 aliphatic carbocycles. The van der Waals surface area contributed by atoms with Gasteiger partial charge in [0.05, 0.1) is 15.8 Å². The fourth-order valence-electron chi connectivity index (χ4n) is 12.1. The summed E-state index contributed by atoms with van der Waals surface area (Å²) in [5, 5.41) is 10.5. The molecule has 11 aromatic carbocycles. The van der Waals surface area contributed by atoms with Crippen LogP contribution in [-0.2, 0) is 5.41 Å². The monoisotopic (exact) mass is 913 g/mol. The molecule has 0 radical (unpaired) electrons. The van der Waals surface area contributed by atoms with Crippen molar-refractivity contribution in [3.8, 4) is 22.6 Å². The lowest BCUT2D eigenvalue weighted by Gasteiger charge is -2.51. The molecule has 1 spiro atoms. The lowest BCUT2D eigenvalue weighted by Crippen LogP contribution is -2.79. The molecule has 14 rings (SSSR count). The molecule has 4 heteroatoms. The highest BCUT2D eigenvalue weighted by atomic mass is 32.1. The highest BCUT2D eigenvalue weighted by Gasteiger charge is 2.57. The standard InChI is InChI=1S/C65H43NOSSi/c1-3-21-48(22-4-1)69(49-23-5-2-6-24-49)62-36-16-12-31-56(62)65(54-29-10-13-33-59(54)67-60-34-14-11-30-55(60)65)57-42-41-47(43-63(57)69)66(58-32-18-28-53-52-26-9-15-35-61(52)68-64(53)58)46-39-37-45(38-40-46)51-27-17-20-44-19-7-8-25-50(44)51/h1-43H. The Morgan fingerprint density at radius 1 is 0.391 bits per heavy atom. The molecule has 0 N–H and O–H groups in total. The van der Waals surface area contributed by atoms with E-state index in [4.69, 9.17) is 4.74 Å². The maximum Gasteiger partial charge on any atom is 0.180 e. The first-order chi connectivity index (χ1) is 34.2. The lowest BCUT2D eigenvalue weighted by atomic mass is 9.63. The molecule has 0 unspecified atom stereocenters. The number of benzene rings is 11. The predicted molar refractivity (Wildman–Crippen MR) is 293 cm³/mol. The quantitative estimate of drug-likeness (QED) is 0.154. The van der Waals surface area contributed by atoms with Crippen molar-refractivity contribution >= 4 is 88.2 Å². The smallest absolute Gasteiger partial charge is 0.180 e. The molecule has 0 amide bonds. The Morgan fingerprint density at radius 3 is 1.68 bits per heavy atom. The number of ether oxygens (including phenoxy) is 1. The van der Waals surface area contributed by atoms with Crippen LogP contribution in [0, 0.1) is 0 Å². The zero-order chi connectivity index (χ0) is 45.5. The van der Waals surface area contributed by atoms with Gasteiger partial charge in [0.1, 0.15) is 11.5 Å². The molecule has 69 heavy (non-hydrogen) atoms. The van der Waals surface area contributed by atoms with Crippen LogP contribution in [0.1, 0.15) is 22.3 Å². The van der Waals surface area contributed by atoms with E-state index in [0.29, 0.717) is 0 Å². The fourth-order valence-corrected chi connectivity index (χ4v) is 18.6. The van der Waals surface area contributed by atoms with E-state index in [9.17, 15) is 0 Å². The average molecular weight is 914 g/mol. The Balaban J connectivity index is 1.10. The van der Waals surface area contributed by atoms with E-state index in [0.717, 1.165) is 39.7 Å². The first-order valence-corrected chi connectivity index (χ1v) is 26.6. The number of hydrogen-bond acceptors (Lipinski definition) is 3. The van der Waals surface area contributed by atoms with E-state index in [1.165, 1.54) is 73.9 Å². The molecule has 2 aliphatic heterocycles. The molecular formula is C65H43NOSSi. The van der Waals surface area contributed by atoms with Crippen LogP contribution < -0.4 is 30.4 Å². The van der Waals surface area contributed by atoms with Gasteiger partial charge in [-0.2, -0.15) is 0 Å². The van der Waals surface area contributed by atoms with E-state index < -0.39 is 13.5 Å². The van der Waals surface area contributed by atoms with Crippen molar-refractivity contribution in [1.82, 2.24) is 0 Å². The van der Waals surface area contributed by atoms with Crippen molar-refractivity contribution in [2.24, 2.45) is 0 Å². The predicted octanol–water partition coefficient (Wildman–Crippen LogP) is 14.5. The van der Waals surface area contributed by atoms with Gasteiger partial charge < -0.3 is 9.64 Å². The maximum atomic E-state index is 6.87. The summed E-state index contributed by atoms with van der Waals surface area (Å²) in [6, 6.07) is 97.3. The summed E-state index contributed by atoms with van der Waals surface area (Å²) < 4.78 is 9.42. The Morgan fingerprint density at radius 2 is 0.942 bits per heavy atom. The van der Waals surface area contributed by atoms with Gasteiger partial charge in [-0.1, -0.05) is 212 Å². The van der Waals surface area contributed by atoms with Crippen LogP contribution in [0.2, 0.25) is 0 Å². The van der Waals surface area contributed by atoms with Crippen LogP contribution in [0.3, 0.4) is 0 Å². The van der Waals surface area contributed by atoms with Crippen LogP contribution in [0.5, 0.6) is 11.5 Å². The van der Waals surface area contributed by atoms with E-state index in [1.807, 2.05) is 11.3 Å². The minimum atomic E-state index is -3.13. The minimum Gasteiger partial charge on any atom is -0.457 e. The van der Waals surface area contributed by atoms with Crippen molar-refractivity contribution in [1.29, 1.82) is 0 Å². The third-order valence-corrected chi connectivity index (χ3v) is 20.9. The molecule has 0 fully saturated rings. The normalized spacial score (nSPS) is 13.9. The molecule has 2 aliphatic rings. The first kappa shape index (κ1) is 39.8. The second kappa shape index (κ2) is 15.6. The number of rotatable bonds is 6. The van der Waals surface area contributed by atoms with Crippen LogP contribution in [0.4, 0.5) is 17.1 Å². The number of anilines is 3. The van der Waals surface area contributed by atoms with Crippen LogP contribution in [0.15, 0.2) is 261 Å². The summed E-state index contributed by atoms with van der Waals surface area (Å²) in [5.74, 6) is 1.78.